The first-order chi connectivity index (χ1) is 31.8. The van der Waals surface area contributed by atoms with E-state index in [-0.39, 0.29) is 0 Å². The molecule has 0 N–H and O–H groups in total. The molecule has 0 bridgehead atoms. The third kappa shape index (κ3) is 4.95. The van der Waals surface area contributed by atoms with Crippen molar-refractivity contribution in [2.45, 2.75) is 0 Å². The van der Waals surface area contributed by atoms with Crippen molar-refractivity contribution in [3.63, 3.8) is 0 Å². The van der Waals surface area contributed by atoms with Crippen LogP contribution in [0.1, 0.15) is 0 Å². The van der Waals surface area contributed by atoms with Crippen LogP contribution in [0.3, 0.4) is 0 Å². The van der Waals surface area contributed by atoms with Gasteiger partial charge < -0.3 is 13.3 Å². The Kier molecular flexibility index (Phi) is 7.28. The fraction of sp³-hybridized carbons (Fsp3) is 0. The zero-order valence-electron chi connectivity index (χ0n) is 34.2. The molecule has 0 aliphatic rings. The van der Waals surface area contributed by atoms with E-state index in [0.717, 1.165) is 132 Å². The summed E-state index contributed by atoms with van der Waals surface area (Å²) in [4.78, 5) is 2.28. The quantitative estimate of drug-likeness (QED) is 0.174. The van der Waals surface area contributed by atoms with Crippen LogP contribution in [0.4, 0.5) is 17.1 Å². The number of para-hydroxylation sites is 3. The van der Waals surface area contributed by atoms with Crippen LogP contribution in [0.2, 0.25) is 0 Å². The van der Waals surface area contributed by atoms with Crippen LogP contribution < -0.4 is 4.90 Å². The molecule has 296 valence electrons. The topological polar surface area (TPSA) is 42.7 Å². The Morgan fingerprint density at radius 3 is 1.27 bits per heavy atom. The monoisotopic (exact) mass is 815 g/mol. The summed E-state index contributed by atoms with van der Waals surface area (Å²) in [6.45, 7) is 0. The lowest BCUT2D eigenvalue weighted by Crippen LogP contribution is -2.10. The van der Waals surface area contributed by atoms with E-state index in [2.05, 4.69) is 211 Å². The van der Waals surface area contributed by atoms with E-state index in [4.69, 9.17) is 13.3 Å². The molecule has 3 aromatic heterocycles. The molecule has 0 radical (unpaired) electrons. The van der Waals surface area contributed by atoms with E-state index >= 15 is 0 Å². The predicted octanol–water partition coefficient (Wildman–Crippen LogP) is 17.2. The Morgan fingerprint density at radius 1 is 0.312 bits per heavy atom. The van der Waals surface area contributed by atoms with Gasteiger partial charge in [-0.05, 0) is 75.1 Å². The fourth-order valence-corrected chi connectivity index (χ4v) is 10.2. The second-order valence-electron chi connectivity index (χ2n) is 16.5. The van der Waals surface area contributed by atoms with Gasteiger partial charge in [0.15, 0.2) is 22.3 Å². The van der Waals surface area contributed by atoms with E-state index in [1.807, 2.05) is 6.07 Å². The summed E-state index contributed by atoms with van der Waals surface area (Å²) in [6, 6.07) is 77.1. The summed E-state index contributed by atoms with van der Waals surface area (Å²) < 4.78 is 21.6. The summed E-state index contributed by atoms with van der Waals surface area (Å²) in [5.41, 5.74) is 11.4. The maximum Gasteiger partial charge on any atom is 0.186 e. The van der Waals surface area contributed by atoms with Crippen molar-refractivity contribution < 1.29 is 13.3 Å². The first-order valence-corrected chi connectivity index (χ1v) is 21.6. The number of anilines is 3. The smallest absolute Gasteiger partial charge is 0.186 e. The van der Waals surface area contributed by atoms with Gasteiger partial charge in [-0.1, -0.05) is 170 Å². The Hall–Kier alpha value is -8.78. The number of fused-ring (bicyclic) bond motifs is 15. The molecule has 14 aromatic rings. The largest absolute Gasteiger partial charge is 0.453 e. The minimum Gasteiger partial charge on any atom is -0.453 e. The van der Waals surface area contributed by atoms with Gasteiger partial charge in [-0.15, -0.1) is 0 Å². The van der Waals surface area contributed by atoms with Crippen LogP contribution in [0.15, 0.2) is 213 Å². The molecule has 0 fully saturated rings. The van der Waals surface area contributed by atoms with Gasteiger partial charge >= 0.3 is 0 Å². The van der Waals surface area contributed by atoms with Crippen molar-refractivity contribution >= 4 is 115 Å². The van der Waals surface area contributed by atoms with Crippen molar-refractivity contribution in [2.75, 3.05) is 4.90 Å². The molecule has 4 heteroatoms. The molecule has 0 unspecified atom stereocenters. The predicted molar refractivity (Wildman–Crippen MR) is 264 cm³/mol. The van der Waals surface area contributed by atoms with Gasteiger partial charge in [-0.3, -0.25) is 4.90 Å². The summed E-state index contributed by atoms with van der Waals surface area (Å²) in [7, 11) is 0. The van der Waals surface area contributed by atoms with Gasteiger partial charge in [-0.25, -0.2) is 0 Å². The van der Waals surface area contributed by atoms with Crippen molar-refractivity contribution in [3.8, 4) is 22.3 Å². The molecule has 0 atom stereocenters. The highest BCUT2D eigenvalue weighted by Gasteiger charge is 2.28. The van der Waals surface area contributed by atoms with Gasteiger partial charge in [-0.2, -0.15) is 0 Å². The zero-order chi connectivity index (χ0) is 41.9. The summed E-state index contributed by atoms with van der Waals surface area (Å²) in [5, 5.41) is 12.8. The molecule has 11 aromatic carbocycles. The van der Waals surface area contributed by atoms with E-state index < -0.39 is 0 Å². The molecular formula is C60H33NO3. The van der Waals surface area contributed by atoms with E-state index in [9.17, 15) is 0 Å². The Balaban J connectivity index is 1.13. The minimum absolute atomic E-state index is 0.655. The Morgan fingerprint density at radius 2 is 0.734 bits per heavy atom. The van der Waals surface area contributed by atoms with Crippen LogP contribution in [0.25, 0.3) is 120 Å². The summed E-state index contributed by atoms with van der Waals surface area (Å²) >= 11 is 0. The molecule has 14 rings (SSSR count). The second kappa shape index (κ2) is 13.4. The van der Waals surface area contributed by atoms with E-state index in [1.165, 1.54) is 0 Å². The Labute approximate surface area is 366 Å². The SMILES string of the molecule is c1c2ccccc2c2c(c#1)oc1c(N(c3cccc4c3oc3c(-c5ccccc5)cc5ccccc5c34)c3cccc4c3oc3c(-c5ccccc5)cc5ccccc5c34)cccc12. The van der Waals surface area contributed by atoms with Crippen LogP contribution in [0, 0.1) is 12.1 Å². The highest BCUT2D eigenvalue weighted by atomic mass is 16.3. The highest BCUT2D eigenvalue weighted by Crippen LogP contribution is 2.52. The maximum atomic E-state index is 7.32. The fourth-order valence-electron chi connectivity index (χ4n) is 10.2. The molecule has 4 nitrogen and oxygen atoms in total. The number of nitrogens with zero attached hydrogens (tertiary/aromatic N) is 1. The molecule has 0 saturated heterocycles. The lowest BCUT2D eigenvalue weighted by atomic mass is 9.96. The maximum absolute atomic E-state index is 7.32. The van der Waals surface area contributed by atoms with Crippen molar-refractivity contribution in [2.24, 2.45) is 0 Å². The third-order valence-electron chi connectivity index (χ3n) is 13.0. The molecule has 3 heterocycles. The van der Waals surface area contributed by atoms with Gasteiger partial charge in [0, 0.05) is 54.2 Å². The number of furan rings is 3. The molecule has 0 spiro atoms. The van der Waals surface area contributed by atoms with Gasteiger partial charge in [0.25, 0.3) is 0 Å². The molecule has 0 saturated carbocycles. The first kappa shape index (κ1) is 34.9. The molecular weight excluding hydrogens is 783 g/mol. The van der Waals surface area contributed by atoms with Crippen LogP contribution in [-0.2, 0) is 0 Å². The van der Waals surface area contributed by atoms with Gasteiger partial charge in [0.1, 0.15) is 11.2 Å². The number of rotatable bonds is 5. The number of hydrogen-bond acceptors (Lipinski definition) is 4. The normalized spacial score (nSPS) is 11.9. The standard InChI is InChI=1S/C60H33NO3/c1-3-16-36(17-4-1)47-34-39-21-8-11-24-42(39)54-45-27-14-30-50(57(45)63-59(47)54)61(49-29-13-26-44-53-41-23-10-7-20-38(41)32-33-52(53)62-56(44)49)51-31-15-28-46-55-43-25-12-9-22-40(43)35-48(60(55)64-58(46)51)37-18-5-2-6-19-37/h1-31,34-35H. The lowest BCUT2D eigenvalue weighted by Gasteiger charge is -2.25. The zero-order valence-corrected chi connectivity index (χ0v) is 34.2. The van der Waals surface area contributed by atoms with E-state index in [0.29, 0.717) is 5.58 Å². The van der Waals surface area contributed by atoms with Crippen molar-refractivity contribution in [3.05, 3.63) is 212 Å². The van der Waals surface area contributed by atoms with Crippen LogP contribution in [0.5, 0.6) is 0 Å². The third-order valence-corrected chi connectivity index (χ3v) is 13.0. The average molecular weight is 816 g/mol. The average Bonchev–Trinajstić information content (AvgIpc) is 4.08. The van der Waals surface area contributed by atoms with E-state index in [1.54, 1.807) is 0 Å². The number of benzene rings is 10. The van der Waals surface area contributed by atoms with Crippen LogP contribution in [-0.4, -0.2) is 0 Å². The van der Waals surface area contributed by atoms with Gasteiger partial charge in [0.05, 0.1) is 17.1 Å². The molecule has 0 amide bonds. The minimum atomic E-state index is 0.655. The number of hydrogen-bond donors (Lipinski definition) is 0. The lowest BCUT2D eigenvalue weighted by molar-refractivity contribution is 0.664. The summed E-state index contributed by atoms with van der Waals surface area (Å²) in [5.74, 6) is 0. The Bertz CT molecular complexity index is 4000. The van der Waals surface area contributed by atoms with Crippen molar-refractivity contribution in [1.29, 1.82) is 0 Å². The first-order valence-electron chi connectivity index (χ1n) is 21.6. The second-order valence-corrected chi connectivity index (χ2v) is 16.5. The highest BCUT2D eigenvalue weighted by molar-refractivity contribution is 6.27. The molecule has 0 aliphatic heterocycles. The van der Waals surface area contributed by atoms with Gasteiger partial charge in [0.2, 0.25) is 0 Å². The van der Waals surface area contributed by atoms with Crippen molar-refractivity contribution in [1.82, 2.24) is 0 Å². The van der Waals surface area contributed by atoms with Crippen LogP contribution >= 0.6 is 0 Å². The molecule has 64 heavy (non-hydrogen) atoms. The molecule has 0 aliphatic carbocycles. The summed E-state index contributed by atoms with van der Waals surface area (Å²) in [6.07, 6.45) is 0.